The van der Waals surface area contributed by atoms with E-state index in [1.54, 1.807) is 11.0 Å². The Hall–Kier alpha value is -2.48. The molecule has 1 heterocycles. The fourth-order valence-electron chi connectivity index (χ4n) is 3.19. The molecule has 4 nitrogen and oxygen atoms in total. The van der Waals surface area contributed by atoms with E-state index in [1.165, 1.54) is 0 Å². The van der Waals surface area contributed by atoms with Crippen molar-refractivity contribution in [3.05, 3.63) is 57.9 Å². The number of alkyl halides is 3. The highest BCUT2D eigenvalue weighted by atomic mass is 35.5. The summed E-state index contributed by atoms with van der Waals surface area (Å²) in [6.45, 7) is 0.662. The van der Waals surface area contributed by atoms with Crippen LogP contribution in [0.25, 0.3) is 0 Å². The molecule has 1 aliphatic rings. The number of hydrogen-bond acceptors (Lipinski definition) is 3. The molecule has 1 aliphatic heterocycles. The number of carbonyl (C=O) groups is 1. The Morgan fingerprint density at radius 1 is 1.21 bits per heavy atom. The number of aryl methyl sites for hydroxylation is 1. The normalized spacial score (nSPS) is 14.0. The first-order valence-electron chi connectivity index (χ1n) is 8.44. The number of carboxylic acid groups (broad SMARTS) is 1. The SMILES string of the molecule is O=C(O)CCc1ccc2c(c1)CCN(c1cc(OC(F)(F)F)cc(Cl)c1F)C2. The van der Waals surface area contributed by atoms with Gasteiger partial charge >= 0.3 is 12.3 Å². The van der Waals surface area contributed by atoms with Crippen molar-refractivity contribution >= 4 is 23.3 Å². The Morgan fingerprint density at radius 2 is 1.96 bits per heavy atom. The van der Waals surface area contributed by atoms with Gasteiger partial charge in [0.15, 0.2) is 5.82 Å². The van der Waals surface area contributed by atoms with Crippen LogP contribution in [0.2, 0.25) is 5.02 Å². The van der Waals surface area contributed by atoms with Crippen LogP contribution in [0.5, 0.6) is 5.75 Å². The molecule has 9 heteroatoms. The number of ether oxygens (including phenoxy) is 1. The summed E-state index contributed by atoms with van der Waals surface area (Å²) in [4.78, 5) is 12.3. The van der Waals surface area contributed by atoms with Gasteiger partial charge in [-0.1, -0.05) is 29.8 Å². The molecule has 0 amide bonds. The molecule has 0 saturated heterocycles. The third-order valence-corrected chi connectivity index (χ3v) is 4.74. The molecule has 0 aliphatic carbocycles. The van der Waals surface area contributed by atoms with Crippen molar-refractivity contribution in [2.45, 2.75) is 32.2 Å². The molecule has 3 rings (SSSR count). The molecule has 28 heavy (non-hydrogen) atoms. The number of carboxylic acids is 1. The minimum atomic E-state index is -4.90. The molecule has 2 aromatic rings. The van der Waals surface area contributed by atoms with Crippen molar-refractivity contribution in [3.8, 4) is 5.75 Å². The maximum Gasteiger partial charge on any atom is 0.573 e. The Bertz CT molecular complexity index is 901. The summed E-state index contributed by atoms with van der Waals surface area (Å²) in [7, 11) is 0. The first-order chi connectivity index (χ1) is 13.1. The molecule has 0 fully saturated rings. The van der Waals surface area contributed by atoms with Gasteiger partial charge in [0.1, 0.15) is 5.75 Å². The highest BCUT2D eigenvalue weighted by molar-refractivity contribution is 6.31. The Kier molecular flexibility index (Phi) is 5.69. The summed E-state index contributed by atoms with van der Waals surface area (Å²) in [5.41, 5.74) is 2.73. The standard InChI is InChI=1S/C19H16ClF4NO3/c20-15-8-14(28-19(22,23)24)9-16(18(15)21)25-6-5-12-7-11(2-4-17(26)27)1-3-13(12)10-25/h1,3,7-9H,2,4-6,10H2,(H,26,27). The summed E-state index contributed by atoms with van der Waals surface area (Å²) in [6.07, 6.45) is -3.93. The first-order valence-corrected chi connectivity index (χ1v) is 8.82. The van der Waals surface area contributed by atoms with Gasteiger partial charge in [-0.3, -0.25) is 4.79 Å². The van der Waals surface area contributed by atoms with Crippen LogP contribution in [0.3, 0.4) is 0 Å². The van der Waals surface area contributed by atoms with E-state index in [0.29, 0.717) is 19.4 Å². The highest BCUT2D eigenvalue weighted by Gasteiger charge is 2.32. The van der Waals surface area contributed by atoms with E-state index in [0.717, 1.165) is 28.8 Å². The number of benzene rings is 2. The average Bonchev–Trinajstić information content (AvgIpc) is 2.61. The van der Waals surface area contributed by atoms with Gasteiger partial charge < -0.3 is 14.7 Å². The molecule has 0 radical (unpaired) electrons. The molecular weight excluding hydrogens is 402 g/mol. The van der Waals surface area contributed by atoms with Crippen LogP contribution in [0.1, 0.15) is 23.1 Å². The largest absolute Gasteiger partial charge is 0.573 e. The molecule has 1 N–H and O–H groups in total. The van der Waals surface area contributed by atoms with E-state index in [-0.39, 0.29) is 18.7 Å². The first kappa shape index (κ1) is 20.3. The van der Waals surface area contributed by atoms with Crippen LogP contribution in [0.15, 0.2) is 30.3 Å². The lowest BCUT2D eigenvalue weighted by Gasteiger charge is -2.31. The van der Waals surface area contributed by atoms with Crippen molar-refractivity contribution in [1.29, 1.82) is 0 Å². The highest BCUT2D eigenvalue weighted by Crippen LogP contribution is 2.36. The number of anilines is 1. The lowest BCUT2D eigenvalue weighted by Crippen LogP contribution is -2.31. The number of halogens is 5. The molecule has 0 atom stereocenters. The van der Waals surface area contributed by atoms with Gasteiger partial charge in [-0.2, -0.15) is 0 Å². The molecule has 0 aromatic heterocycles. The zero-order valence-electron chi connectivity index (χ0n) is 14.5. The van der Waals surface area contributed by atoms with Gasteiger partial charge in [0, 0.05) is 31.6 Å². The van der Waals surface area contributed by atoms with Crippen molar-refractivity contribution < 1.29 is 32.2 Å². The third kappa shape index (κ3) is 4.86. The van der Waals surface area contributed by atoms with Gasteiger partial charge in [0.2, 0.25) is 0 Å². The van der Waals surface area contributed by atoms with Gasteiger partial charge in [0.05, 0.1) is 10.7 Å². The van der Waals surface area contributed by atoms with E-state index in [1.807, 2.05) is 12.1 Å². The Labute approximate surface area is 163 Å². The monoisotopic (exact) mass is 417 g/mol. The summed E-state index contributed by atoms with van der Waals surface area (Å²) in [6, 6.07) is 7.33. The second-order valence-corrected chi connectivity index (χ2v) is 6.86. The number of aliphatic carboxylic acids is 1. The second kappa shape index (κ2) is 7.87. The van der Waals surface area contributed by atoms with Gasteiger partial charge in [-0.25, -0.2) is 4.39 Å². The van der Waals surface area contributed by atoms with Crippen molar-refractivity contribution in [2.24, 2.45) is 0 Å². The predicted octanol–water partition coefficient (Wildman–Crippen LogP) is 4.96. The van der Waals surface area contributed by atoms with Crippen LogP contribution in [-0.2, 0) is 24.2 Å². The van der Waals surface area contributed by atoms with Crippen LogP contribution >= 0.6 is 11.6 Å². The summed E-state index contributed by atoms with van der Waals surface area (Å²) >= 11 is 5.75. The maximum absolute atomic E-state index is 14.4. The van der Waals surface area contributed by atoms with Crippen LogP contribution in [0.4, 0.5) is 23.2 Å². The topological polar surface area (TPSA) is 49.8 Å². The molecular formula is C19H16ClF4NO3. The molecule has 0 unspecified atom stereocenters. The van der Waals surface area contributed by atoms with Gasteiger partial charge in [-0.05, 0) is 29.5 Å². The number of nitrogens with zero attached hydrogens (tertiary/aromatic N) is 1. The fraction of sp³-hybridized carbons (Fsp3) is 0.316. The third-order valence-electron chi connectivity index (χ3n) is 4.47. The van der Waals surface area contributed by atoms with E-state index in [4.69, 9.17) is 16.7 Å². The van der Waals surface area contributed by atoms with Crippen LogP contribution in [-0.4, -0.2) is 24.0 Å². The average molecular weight is 418 g/mol. The quantitative estimate of drug-likeness (QED) is 0.699. The molecule has 2 aromatic carbocycles. The van der Waals surface area contributed by atoms with Gasteiger partial charge in [0.25, 0.3) is 0 Å². The molecule has 0 bridgehead atoms. The second-order valence-electron chi connectivity index (χ2n) is 6.45. The maximum atomic E-state index is 14.4. The number of fused-ring (bicyclic) bond motifs is 1. The summed E-state index contributed by atoms with van der Waals surface area (Å²) in [5.74, 6) is -2.27. The predicted molar refractivity (Wildman–Crippen MR) is 95.2 cm³/mol. The zero-order chi connectivity index (χ0) is 20.5. The van der Waals surface area contributed by atoms with Gasteiger partial charge in [-0.15, -0.1) is 13.2 Å². The van der Waals surface area contributed by atoms with Crippen LogP contribution < -0.4 is 9.64 Å². The van der Waals surface area contributed by atoms with Crippen LogP contribution in [0, 0.1) is 5.82 Å². The summed E-state index contributed by atoms with van der Waals surface area (Å²) < 4.78 is 55.8. The summed E-state index contributed by atoms with van der Waals surface area (Å²) in [5, 5.41) is 8.33. The molecule has 0 saturated carbocycles. The van der Waals surface area contributed by atoms with E-state index < -0.39 is 28.9 Å². The fourth-order valence-corrected chi connectivity index (χ4v) is 3.40. The lowest BCUT2D eigenvalue weighted by atomic mass is 9.95. The minimum absolute atomic E-state index is 0.0284. The number of hydrogen-bond donors (Lipinski definition) is 1. The Balaban J connectivity index is 1.82. The lowest BCUT2D eigenvalue weighted by molar-refractivity contribution is -0.274. The van der Waals surface area contributed by atoms with E-state index >= 15 is 0 Å². The van der Waals surface area contributed by atoms with E-state index in [9.17, 15) is 22.4 Å². The Morgan fingerprint density at radius 3 is 2.64 bits per heavy atom. The van der Waals surface area contributed by atoms with E-state index in [2.05, 4.69) is 4.74 Å². The number of rotatable bonds is 5. The minimum Gasteiger partial charge on any atom is -0.481 e. The molecule has 0 spiro atoms. The van der Waals surface area contributed by atoms with Crippen molar-refractivity contribution in [2.75, 3.05) is 11.4 Å². The zero-order valence-corrected chi connectivity index (χ0v) is 15.3. The van der Waals surface area contributed by atoms with Crippen molar-refractivity contribution in [1.82, 2.24) is 0 Å². The smallest absolute Gasteiger partial charge is 0.481 e. The molecule has 150 valence electrons. The van der Waals surface area contributed by atoms with Crippen molar-refractivity contribution in [3.63, 3.8) is 0 Å².